The minimum Gasteiger partial charge on any atom is -0.349 e. The first kappa shape index (κ1) is 14.6. The number of amides is 1. The van der Waals surface area contributed by atoms with Gasteiger partial charge in [-0.05, 0) is 37.5 Å². The highest BCUT2D eigenvalue weighted by atomic mass is 19.4. The Labute approximate surface area is 113 Å². The molecule has 6 heteroatoms. The molecule has 0 radical (unpaired) electrons. The molecule has 0 spiro atoms. The summed E-state index contributed by atoms with van der Waals surface area (Å²) in [4.78, 5) is 11.9. The van der Waals surface area contributed by atoms with Crippen molar-refractivity contribution in [3.63, 3.8) is 0 Å². The van der Waals surface area contributed by atoms with Crippen LogP contribution in [0.5, 0.6) is 0 Å². The Balaban J connectivity index is 2.18. The van der Waals surface area contributed by atoms with Crippen molar-refractivity contribution in [2.45, 2.75) is 31.5 Å². The zero-order valence-electron chi connectivity index (χ0n) is 10.5. The summed E-state index contributed by atoms with van der Waals surface area (Å²) < 4.78 is 51.2. The van der Waals surface area contributed by atoms with Gasteiger partial charge in [-0.25, -0.2) is 4.39 Å². The van der Waals surface area contributed by atoms with Crippen molar-refractivity contribution in [1.82, 2.24) is 5.32 Å². The molecule has 1 N–H and O–H groups in total. The van der Waals surface area contributed by atoms with Crippen LogP contribution in [0.15, 0.2) is 30.4 Å². The highest BCUT2D eigenvalue weighted by Gasteiger charge is 2.32. The molecule has 1 atom stereocenters. The van der Waals surface area contributed by atoms with Crippen LogP contribution in [0.4, 0.5) is 17.6 Å². The molecule has 1 aromatic rings. The van der Waals surface area contributed by atoms with Crippen molar-refractivity contribution >= 4 is 5.91 Å². The van der Waals surface area contributed by atoms with E-state index in [1.807, 2.05) is 12.2 Å². The van der Waals surface area contributed by atoms with Crippen LogP contribution in [-0.2, 0) is 6.18 Å². The van der Waals surface area contributed by atoms with E-state index in [4.69, 9.17) is 0 Å². The normalized spacial score (nSPS) is 18.9. The Morgan fingerprint density at radius 1 is 1.25 bits per heavy atom. The van der Waals surface area contributed by atoms with Crippen LogP contribution in [0.3, 0.4) is 0 Å². The summed E-state index contributed by atoms with van der Waals surface area (Å²) in [7, 11) is 0. The van der Waals surface area contributed by atoms with E-state index in [2.05, 4.69) is 5.32 Å². The molecule has 0 fully saturated rings. The topological polar surface area (TPSA) is 29.1 Å². The zero-order valence-corrected chi connectivity index (χ0v) is 10.5. The van der Waals surface area contributed by atoms with Gasteiger partial charge in [-0.15, -0.1) is 0 Å². The summed E-state index contributed by atoms with van der Waals surface area (Å²) in [6.07, 6.45) is 1.34. The van der Waals surface area contributed by atoms with Gasteiger partial charge in [0.25, 0.3) is 5.91 Å². The van der Waals surface area contributed by atoms with Crippen LogP contribution in [0, 0.1) is 5.82 Å². The maximum atomic E-state index is 13.5. The van der Waals surface area contributed by atoms with Crippen LogP contribution < -0.4 is 5.32 Å². The summed E-state index contributed by atoms with van der Waals surface area (Å²) in [5, 5.41) is 2.56. The first-order valence-electron chi connectivity index (χ1n) is 6.20. The van der Waals surface area contributed by atoms with Crippen LogP contribution in [-0.4, -0.2) is 11.9 Å². The summed E-state index contributed by atoms with van der Waals surface area (Å²) in [6.45, 7) is 0. The van der Waals surface area contributed by atoms with E-state index in [0.717, 1.165) is 6.42 Å². The lowest BCUT2D eigenvalue weighted by atomic mass is 10.0. The van der Waals surface area contributed by atoms with Crippen molar-refractivity contribution in [1.29, 1.82) is 0 Å². The zero-order chi connectivity index (χ0) is 14.8. The SMILES string of the molecule is O=C(NC1CC=CCC1)c1cc(C(F)(F)F)ccc1F. The standard InChI is InChI=1S/C14H13F4NO/c15-12-7-6-9(14(16,17)18)8-11(12)13(20)19-10-4-2-1-3-5-10/h1-2,6-8,10H,3-5H2,(H,19,20). The number of alkyl halides is 3. The van der Waals surface area contributed by atoms with Crippen LogP contribution in [0.25, 0.3) is 0 Å². The number of nitrogens with one attached hydrogen (secondary N) is 1. The monoisotopic (exact) mass is 287 g/mol. The van der Waals surface area contributed by atoms with Crippen LogP contribution in [0.1, 0.15) is 35.2 Å². The van der Waals surface area contributed by atoms with Gasteiger partial charge in [0.2, 0.25) is 0 Å². The Bertz CT molecular complexity index is 536. The first-order chi connectivity index (χ1) is 9.38. The molecule has 0 saturated carbocycles. The van der Waals surface area contributed by atoms with Gasteiger partial charge in [0, 0.05) is 6.04 Å². The number of halogens is 4. The Morgan fingerprint density at radius 3 is 2.60 bits per heavy atom. The quantitative estimate of drug-likeness (QED) is 0.652. The predicted molar refractivity (Wildman–Crippen MR) is 65.6 cm³/mol. The summed E-state index contributed by atoms with van der Waals surface area (Å²) >= 11 is 0. The molecule has 20 heavy (non-hydrogen) atoms. The largest absolute Gasteiger partial charge is 0.416 e. The van der Waals surface area contributed by atoms with Gasteiger partial charge in [-0.2, -0.15) is 13.2 Å². The third-order valence-electron chi connectivity index (χ3n) is 3.14. The lowest BCUT2D eigenvalue weighted by Gasteiger charge is -2.19. The second kappa shape index (κ2) is 5.64. The van der Waals surface area contributed by atoms with Crippen molar-refractivity contribution in [3.05, 3.63) is 47.3 Å². The molecule has 1 unspecified atom stereocenters. The molecule has 0 bridgehead atoms. The molecule has 108 valence electrons. The Kier molecular flexibility index (Phi) is 4.11. The minimum absolute atomic E-state index is 0.165. The minimum atomic E-state index is -4.60. The molecule has 0 aromatic heterocycles. The second-order valence-corrected chi connectivity index (χ2v) is 4.65. The van der Waals surface area contributed by atoms with Gasteiger partial charge in [0.15, 0.2) is 0 Å². The van der Waals surface area contributed by atoms with E-state index in [9.17, 15) is 22.4 Å². The number of hydrogen-bond donors (Lipinski definition) is 1. The van der Waals surface area contributed by atoms with E-state index in [1.165, 1.54) is 0 Å². The molecule has 0 aliphatic heterocycles. The fourth-order valence-electron chi connectivity index (χ4n) is 2.06. The average Bonchev–Trinajstić information content (AvgIpc) is 2.39. The summed E-state index contributed by atoms with van der Waals surface area (Å²) in [6, 6.07) is 1.67. The molecule has 1 amide bonds. The number of benzene rings is 1. The van der Waals surface area contributed by atoms with Crippen molar-refractivity contribution < 1.29 is 22.4 Å². The lowest BCUT2D eigenvalue weighted by molar-refractivity contribution is -0.137. The molecule has 1 aliphatic carbocycles. The van der Waals surface area contributed by atoms with Gasteiger partial charge in [-0.3, -0.25) is 4.79 Å². The van der Waals surface area contributed by atoms with Gasteiger partial charge in [-0.1, -0.05) is 12.2 Å². The van der Waals surface area contributed by atoms with Gasteiger partial charge in [0.1, 0.15) is 5.82 Å². The fraction of sp³-hybridized carbons (Fsp3) is 0.357. The highest BCUT2D eigenvalue weighted by molar-refractivity contribution is 5.94. The van der Waals surface area contributed by atoms with Crippen molar-refractivity contribution in [3.8, 4) is 0 Å². The van der Waals surface area contributed by atoms with Gasteiger partial charge < -0.3 is 5.32 Å². The van der Waals surface area contributed by atoms with Crippen LogP contribution in [0.2, 0.25) is 0 Å². The highest BCUT2D eigenvalue weighted by Crippen LogP contribution is 2.30. The fourth-order valence-corrected chi connectivity index (χ4v) is 2.06. The van der Waals surface area contributed by atoms with E-state index in [-0.39, 0.29) is 6.04 Å². The summed E-state index contributed by atoms with van der Waals surface area (Å²) in [5.41, 5.74) is -1.61. The lowest BCUT2D eigenvalue weighted by Crippen LogP contribution is -2.35. The number of hydrogen-bond acceptors (Lipinski definition) is 1. The van der Waals surface area contributed by atoms with Crippen molar-refractivity contribution in [2.75, 3.05) is 0 Å². The summed E-state index contributed by atoms with van der Waals surface area (Å²) in [5.74, 6) is -1.77. The Morgan fingerprint density at radius 2 is 2.00 bits per heavy atom. The second-order valence-electron chi connectivity index (χ2n) is 4.65. The van der Waals surface area contributed by atoms with Gasteiger partial charge in [0.05, 0.1) is 11.1 Å². The van der Waals surface area contributed by atoms with E-state index in [1.54, 1.807) is 0 Å². The molecule has 0 saturated heterocycles. The van der Waals surface area contributed by atoms with Gasteiger partial charge >= 0.3 is 6.18 Å². The molecule has 1 aromatic carbocycles. The van der Waals surface area contributed by atoms with E-state index in [0.29, 0.717) is 31.0 Å². The third kappa shape index (κ3) is 3.37. The molecular formula is C14H13F4NO. The molecule has 1 aliphatic rings. The maximum absolute atomic E-state index is 13.5. The number of carbonyl (C=O) groups excluding carboxylic acids is 1. The molecule has 0 heterocycles. The van der Waals surface area contributed by atoms with Crippen LogP contribution >= 0.6 is 0 Å². The molecular weight excluding hydrogens is 274 g/mol. The maximum Gasteiger partial charge on any atom is 0.416 e. The molecule has 2 nitrogen and oxygen atoms in total. The first-order valence-corrected chi connectivity index (χ1v) is 6.20. The Hall–Kier alpha value is -1.85. The van der Waals surface area contributed by atoms with E-state index < -0.39 is 29.0 Å². The smallest absolute Gasteiger partial charge is 0.349 e. The third-order valence-corrected chi connectivity index (χ3v) is 3.14. The van der Waals surface area contributed by atoms with Crippen molar-refractivity contribution in [2.24, 2.45) is 0 Å². The van der Waals surface area contributed by atoms with E-state index >= 15 is 0 Å². The number of carbonyl (C=O) groups is 1. The average molecular weight is 287 g/mol. The molecule has 2 rings (SSSR count). The number of allylic oxidation sites excluding steroid dienone is 1. The predicted octanol–water partition coefficient (Wildman–Crippen LogP) is 3.68. The number of rotatable bonds is 2.